The van der Waals surface area contributed by atoms with Crippen LogP contribution in [0.25, 0.3) is 0 Å². The third kappa shape index (κ3) is 2.26. The second-order valence-corrected chi connectivity index (χ2v) is 6.18. The van der Waals surface area contributed by atoms with Crippen molar-refractivity contribution in [1.29, 1.82) is 0 Å². The molecule has 0 bridgehead atoms. The van der Waals surface area contributed by atoms with Gasteiger partial charge in [-0.05, 0) is 29.5 Å². The Morgan fingerprint density at radius 2 is 1.92 bits per heavy atom. The van der Waals surface area contributed by atoms with E-state index in [-0.39, 0.29) is 23.6 Å². The molecule has 1 heterocycles. The van der Waals surface area contributed by atoms with Gasteiger partial charge in [-0.3, -0.25) is 10.1 Å². The van der Waals surface area contributed by atoms with Gasteiger partial charge in [0.25, 0.3) is 5.69 Å². The summed E-state index contributed by atoms with van der Waals surface area (Å²) in [6.07, 6.45) is 4.80. The number of allylic oxidation sites excluding steroid dienone is 2. The number of nitro benzene ring substituents is 1. The summed E-state index contributed by atoms with van der Waals surface area (Å²) < 4.78 is 27.8. The van der Waals surface area contributed by atoms with E-state index < -0.39 is 16.6 Å². The number of anilines is 1. The molecule has 6 heteroatoms. The fourth-order valence-electron chi connectivity index (χ4n) is 3.75. The van der Waals surface area contributed by atoms with Gasteiger partial charge in [-0.1, -0.05) is 24.3 Å². The molecule has 4 nitrogen and oxygen atoms in total. The van der Waals surface area contributed by atoms with E-state index in [0.29, 0.717) is 11.3 Å². The number of halogens is 2. The van der Waals surface area contributed by atoms with E-state index in [4.69, 9.17) is 0 Å². The van der Waals surface area contributed by atoms with Crippen LogP contribution >= 0.6 is 0 Å². The molecule has 0 spiro atoms. The van der Waals surface area contributed by atoms with Gasteiger partial charge >= 0.3 is 0 Å². The third-order valence-electron chi connectivity index (χ3n) is 4.85. The number of nitrogens with zero attached hydrogens (tertiary/aromatic N) is 1. The first kappa shape index (κ1) is 14.8. The zero-order chi connectivity index (χ0) is 16.8. The molecular formula is C18H14F2N2O2. The molecule has 122 valence electrons. The molecule has 1 aliphatic carbocycles. The molecule has 0 radical (unpaired) electrons. The summed E-state index contributed by atoms with van der Waals surface area (Å²) in [5.41, 5.74) is 1.81. The Kier molecular flexibility index (Phi) is 3.33. The van der Waals surface area contributed by atoms with Gasteiger partial charge in [0.05, 0.1) is 16.7 Å². The summed E-state index contributed by atoms with van der Waals surface area (Å²) in [6, 6.07) is 8.35. The van der Waals surface area contributed by atoms with Crippen LogP contribution in [0, 0.1) is 27.7 Å². The maximum Gasteiger partial charge on any atom is 0.269 e. The fraction of sp³-hybridized carbons (Fsp3) is 0.222. The Balaban J connectivity index is 1.76. The Bertz CT molecular complexity index is 849. The molecule has 0 fully saturated rings. The first-order chi connectivity index (χ1) is 11.5. The number of nitro groups is 1. The lowest BCUT2D eigenvalue weighted by Gasteiger charge is -2.37. The number of hydrogen-bond acceptors (Lipinski definition) is 3. The van der Waals surface area contributed by atoms with E-state index >= 15 is 0 Å². The van der Waals surface area contributed by atoms with E-state index in [2.05, 4.69) is 5.32 Å². The molecule has 0 saturated carbocycles. The van der Waals surface area contributed by atoms with Gasteiger partial charge in [-0.2, -0.15) is 0 Å². The maximum absolute atomic E-state index is 14.2. The molecule has 2 aromatic carbocycles. The van der Waals surface area contributed by atoms with Gasteiger partial charge in [0, 0.05) is 24.1 Å². The average molecular weight is 328 g/mol. The molecule has 1 aliphatic heterocycles. The smallest absolute Gasteiger partial charge is 0.269 e. The van der Waals surface area contributed by atoms with Crippen LogP contribution < -0.4 is 5.32 Å². The minimum absolute atomic E-state index is 0.0179. The summed E-state index contributed by atoms with van der Waals surface area (Å²) in [4.78, 5) is 10.4. The summed E-state index contributed by atoms with van der Waals surface area (Å²) in [7, 11) is 0. The number of rotatable bonds is 2. The highest BCUT2D eigenvalue weighted by molar-refractivity contribution is 5.61. The van der Waals surface area contributed by atoms with Crippen LogP contribution in [0.4, 0.5) is 20.2 Å². The van der Waals surface area contributed by atoms with Crippen LogP contribution in [0.15, 0.2) is 48.6 Å². The van der Waals surface area contributed by atoms with Crippen molar-refractivity contribution < 1.29 is 13.7 Å². The number of nitrogens with one attached hydrogen (secondary N) is 1. The Labute approximate surface area is 137 Å². The summed E-state index contributed by atoms with van der Waals surface area (Å²) in [6.45, 7) is 0. The van der Waals surface area contributed by atoms with E-state index in [1.54, 1.807) is 12.1 Å². The topological polar surface area (TPSA) is 55.2 Å². The molecule has 0 saturated heterocycles. The second-order valence-electron chi connectivity index (χ2n) is 6.18. The molecule has 4 rings (SSSR count). The van der Waals surface area contributed by atoms with Crippen LogP contribution in [0.5, 0.6) is 0 Å². The molecule has 1 N–H and O–H groups in total. The van der Waals surface area contributed by atoms with E-state index in [9.17, 15) is 18.9 Å². The van der Waals surface area contributed by atoms with Gasteiger partial charge in [0.1, 0.15) is 11.6 Å². The normalized spacial score (nSPS) is 24.2. The van der Waals surface area contributed by atoms with E-state index in [0.717, 1.165) is 18.1 Å². The highest BCUT2D eigenvalue weighted by Crippen LogP contribution is 2.50. The van der Waals surface area contributed by atoms with Crippen molar-refractivity contribution in [1.82, 2.24) is 0 Å². The highest BCUT2D eigenvalue weighted by atomic mass is 19.1. The summed E-state index contributed by atoms with van der Waals surface area (Å²) in [5.74, 6) is -1.14. The van der Waals surface area contributed by atoms with Crippen molar-refractivity contribution in [2.24, 2.45) is 5.92 Å². The van der Waals surface area contributed by atoms with Gasteiger partial charge in [-0.15, -0.1) is 0 Å². The molecule has 0 unspecified atom stereocenters. The molecule has 0 aromatic heterocycles. The predicted molar refractivity (Wildman–Crippen MR) is 85.8 cm³/mol. The lowest BCUT2D eigenvalue weighted by molar-refractivity contribution is -0.384. The third-order valence-corrected chi connectivity index (χ3v) is 4.85. The van der Waals surface area contributed by atoms with Crippen molar-refractivity contribution in [2.45, 2.75) is 18.4 Å². The number of hydrogen-bond donors (Lipinski definition) is 1. The van der Waals surface area contributed by atoms with E-state index in [1.807, 2.05) is 12.2 Å². The van der Waals surface area contributed by atoms with Crippen molar-refractivity contribution >= 4 is 11.4 Å². The van der Waals surface area contributed by atoms with Crippen LogP contribution in [-0.2, 0) is 0 Å². The maximum atomic E-state index is 14.2. The number of non-ortho nitro benzene ring substituents is 1. The molecule has 3 atom stereocenters. The predicted octanol–water partition coefficient (Wildman–Crippen LogP) is 4.70. The van der Waals surface area contributed by atoms with Crippen molar-refractivity contribution in [3.05, 3.63) is 81.4 Å². The molecule has 2 aromatic rings. The minimum Gasteiger partial charge on any atom is -0.375 e. The summed E-state index contributed by atoms with van der Waals surface area (Å²) >= 11 is 0. The first-order valence-corrected chi connectivity index (χ1v) is 7.71. The van der Waals surface area contributed by atoms with Crippen molar-refractivity contribution in [3.63, 3.8) is 0 Å². The number of fused-ring (bicyclic) bond motifs is 3. The van der Waals surface area contributed by atoms with Gasteiger partial charge < -0.3 is 5.32 Å². The zero-order valence-electron chi connectivity index (χ0n) is 12.6. The van der Waals surface area contributed by atoms with Crippen LogP contribution in [0.1, 0.15) is 29.5 Å². The molecule has 2 aliphatic rings. The fourth-order valence-corrected chi connectivity index (χ4v) is 3.75. The van der Waals surface area contributed by atoms with Gasteiger partial charge in [-0.25, -0.2) is 8.78 Å². The van der Waals surface area contributed by atoms with Crippen molar-refractivity contribution in [3.8, 4) is 0 Å². The van der Waals surface area contributed by atoms with Crippen molar-refractivity contribution in [2.75, 3.05) is 5.32 Å². The van der Waals surface area contributed by atoms with Crippen LogP contribution in [-0.4, -0.2) is 4.92 Å². The number of benzene rings is 2. The minimum atomic E-state index is -0.615. The first-order valence-electron chi connectivity index (χ1n) is 7.71. The Morgan fingerprint density at radius 1 is 1.17 bits per heavy atom. The van der Waals surface area contributed by atoms with Crippen LogP contribution in [0.2, 0.25) is 0 Å². The lowest BCUT2D eigenvalue weighted by Crippen LogP contribution is -2.29. The summed E-state index contributed by atoms with van der Waals surface area (Å²) in [5, 5.41) is 14.0. The molecular weight excluding hydrogens is 314 g/mol. The second kappa shape index (κ2) is 5.40. The Morgan fingerprint density at radius 3 is 2.62 bits per heavy atom. The largest absolute Gasteiger partial charge is 0.375 e. The average Bonchev–Trinajstić information content (AvgIpc) is 3.04. The Hall–Kier alpha value is -2.76. The monoisotopic (exact) mass is 328 g/mol. The quantitative estimate of drug-likeness (QED) is 0.494. The van der Waals surface area contributed by atoms with Gasteiger partial charge in [0.2, 0.25) is 0 Å². The lowest BCUT2D eigenvalue weighted by atomic mass is 9.77. The highest BCUT2D eigenvalue weighted by Gasteiger charge is 2.39. The standard InChI is InChI=1S/C18H14F2N2O2/c19-11-8-15-13-2-1-3-14(13)17(21-18(15)16(20)9-11)10-4-6-12(7-5-10)22(23)24/h1-2,4-9,13-14,17,21H,3H2/t13-,14+,17-/m0/s1. The van der Waals surface area contributed by atoms with Gasteiger partial charge in [0.15, 0.2) is 0 Å². The van der Waals surface area contributed by atoms with E-state index in [1.165, 1.54) is 18.2 Å². The van der Waals surface area contributed by atoms with Crippen LogP contribution in [0.3, 0.4) is 0 Å². The SMILES string of the molecule is O=[N+]([O-])c1ccc([C@@H]2Nc3c(F)cc(F)cc3[C@H]3C=CC[C@H]32)cc1. The zero-order valence-corrected chi connectivity index (χ0v) is 12.6. The molecule has 24 heavy (non-hydrogen) atoms. The molecule has 0 amide bonds.